The quantitative estimate of drug-likeness (QED) is 0.688. The van der Waals surface area contributed by atoms with Gasteiger partial charge in [0.2, 0.25) is 11.7 Å². The van der Waals surface area contributed by atoms with Crippen LogP contribution in [0.25, 0.3) is 11.4 Å². The molecule has 26 heavy (non-hydrogen) atoms. The van der Waals surface area contributed by atoms with Crippen LogP contribution in [0, 0.1) is 6.92 Å². The molecule has 0 spiro atoms. The van der Waals surface area contributed by atoms with Crippen LogP contribution in [0.5, 0.6) is 5.75 Å². The van der Waals surface area contributed by atoms with Gasteiger partial charge in [0, 0.05) is 18.5 Å². The molecule has 0 saturated carbocycles. The van der Waals surface area contributed by atoms with Crippen LogP contribution in [0.15, 0.2) is 53.1 Å². The summed E-state index contributed by atoms with van der Waals surface area (Å²) < 4.78 is 10.6. The minimum atomic E-state index is -0.212. The number of benzene rings is 2. The molecule has 2 aromatic carbocycles. The summed E-state index contributed by atoms with van der Waals surface area (Å²) in [6.45, 7) is 2.32. The van der Waals surface area contributed by atoms with Gasteiger partial charge in [-0.05, 0) is 31.2 Å². The molecular formula is C19H18ClN3O3. The SMILES string of the molecule is Cc1ccc(OCC(=O)NCCc2nc(-c3ccccc3Cl)no2)cc1. The summed E-state index contributed by atoms with van der Waals surface area (Å²) in [5.74, 6) is 1.31. The lowest BCUT2D eigenvalue weighted by atomic mass is 10.2. The van der Waals surface area contributed by atoms with E-state index >= 15 is 0 Å². The summed E-state index contributed by atoms with van der Waals surface area (Å²) in [7, 11) is 0. The number of hydrogen-bond donors (Lipinski definition) is 1. The van der Waals surface area contributed by atoms with Crippen LogP contribution in [0.2, 0.25) is 5.02 Å². The van der Waals surface area contributed by atoms with Gasteiger partial charge < -0.3 is 14.6 Å². The predicted octanol–water partition coefficient (Wildman–Crippen LogP) is 3.44. The van der Waals surface area contributed by atoms with Crippen LogP contribution >= 0.6 is 11.6 Å². The van der Waals surface area contributed by atoms with Crippen molar-refractivity contribution in [3.63, 3.8) is 0 Å². The normalized spacial score (nSPS) is 10.5. The summed E-state index contributed by atoms with van der Waals surface area (Å²) in [6, 6.07) is 14.8. The van der Waals surface area contributed by atoms with Crippen molar-refractivity contribution in [2.24, 2.45) is 0 Å². The number of halogens is 1. The molecule has 134 valence electrons. The molecule has 1 N–H and O–H groups in total. The molecule has 0 unspecified atom stereocenters. The number of carbonyl (C=O) groups is 1. The van der Waals surface area contributed by atoms with Crippen molar-refractivity contribution < 1.29 is 14.1 Å². The zero-order chi connectivity index (χ0) is 18.4. The standard InChI is InChI=1S/C19H18ClN3O3/c1-13-6-8-14(9-7-13)25-12-17(24)21-11-10-18-22-19(23-26-18)15-4-2-3-5-16(15)20/h2-9H,10-12H2,1H3,(H,21,24). The zero-order valence-corrected chi connectivity index (χ0v) is 15.0. The number of nitrogens with zero attached hydrogens (tertiary/aromatic N) is 2. The number of nitrogens with one attached hydrogen (secondary N) is 1. The van der Waals surface area contributed by atoms with Gasteiger partial charge >= 0.3 is 0 Å². The van der Waals surface area contributed by atoms with E-state index in [4.69, 9.17) is 20.9 Å². The molecular weight excluding hydrogens is 354 g/mol. The zero-order valence-electron chi connectivity index (χ0n) is 14.2. The fourth-order valence-corrected chi connectivity index (χ4v) is 2.47. The molecule has 0 radical (unpaired) electrons. The molecule has 0 atom stereocenters. The van der Waals surface area contributed by atoms with Crippen LogP contribution < -0.4 is 10.1 Å². The number of carbonyl (C=O) groups excluding carboxylic acids is 1. The maximum Gasteiger partial charge on any atom is 0.257 e. The van der Waals surface area contributed by atoms with Crippen molar-refractivity contribution in [2.45, 2.75) is 13.3 Å². The number of aryl methyl sites for hydroxylation is 1. The van der Waals surface area contributed by atoms with Crippen molar-refractivity contribution in [3.8, 4) is 17.1 Å². The Bertz CT molecular complexity index is 878. The molecule has 0 fully saturated rings. The smallest absolute Gasteiger partial charge is 0.257 e. The summed E-state index contributed by atoms with van der Waals surface area (Å²) >= 11 is 6.12. The van der Waals surface area contributed by atoms with E-state index in [2.05, 4.69) is 15.5 Å². The number of rotatable bonds is 7. The third kappa shape index (κ3) is 4.83. The number of amides is 1. The van der Waals surface area contributed by atoms with Gasteiger partial charge in [-0.1, -0.05) is 46.6 Å². The van der Waals surface area contributed by atoms with Gasteiger partial charge in [0.1, 0.15) is 5.75 Å². The van der Waals surface area contributed by atoms with Crippen LogP contribution in [0.4, 0.5) is 0 Å². The minimum Gasteiger partial charge on any atom is -0.484 e. The highest BCUT2D eigenvalue weighted by atomic mass is 35.5. The van der Waals surface area contributed by atoms with Crippen LogP contribution in [0.3, 0.4) is 0 Å². The Morgan fingerprint density at radius 3 is 2.73 bits per heavy atom. The van der Waals surface area contributed by atoms with Crippen molar-refractivity contribution in [3.05, 3.63) is 65.0 Å². The fraction of sp³-hybridized carbons (Fsp3) is 0.211. The second kappa shape index (κ2) is 8.49. The van der Waals surface area contributed by atoms with E-state index in [0.717, 1.165) is 5.56 Å². The predicted molar refractivity (Wildman–Crippen MR) is 98.1 cm³/mol. The first-order valence-electron chi connectivity index (χ1n) is 8.15. The van der Waals surface area contributed by atoms with E-state index in [1.54, 1.807) is 6.07 Å². The van der Waals surface area contributed by atoms with E-state index in [1.165, 1.54) is 0 Å². The monoisotopic (exact) mass is 371 g/mol. The average Bonchev–Trinajstić information content (AvgIpc) is 3.10. The number of hydrogen-bond acceptors (Lipinski definition) is 5. The third-order valence-electron chi connectivity index (χ3n) is 3.63. The Kier molecular flexibility index (Phi) is 5.86. The van der Waals surface area contributed by atoms with Gasteiger partial charge in [0.25, 0.3) is 5.91 Å². The lowest BCUT2D eigenvalue weighted by Gasteiger charge is -2.06. The van der Waals surface area contributed by atoms with Gasteiger partial charge in [-0.2, -0.15) is 4.98 Å². The maximum atomic E-state index is 11.8. The van der Waals surface area contributed by atoms with E-state index in [-0.39, 0.29) is 12.5 Å². The summed E-state index contributed by atoms with van der Waals surface area (Å²) in [6.07, 6.45) is 0.424. The van der Waals surface area contributed by atoms with Crippen molar-refractivity contribution in [1.82, 2.24) is 15.5 Å². The molecule has 1 aromatic heterocycles. The van der Waals surface area contributed by atoms with Crippen molar-refractivity contribution >= 4 is 17.5 Å². The number of ether oxygens (including phenoxy) is 1. The van der Waals surface area contributed by atoms with Gasteiger partial charge in [-0.3, -0.25) is 4.79 Å². The van der Waals surface area contributed by atoms with Crippen molar-refractivity contribution in [2.75, 3.05) is 13.2 Å². The molecule has 0 saturated heterocycles. The molecule has 1 amide bonds. The first-order valence-corrected chi connectivity index (χ1v) is 8.53. The molecule has 0 aliphatic heterocycles. The molecule has 0 aliphatic carbocycles. The topological polar surface area (TPSA) is 77.2 Å². The Morgan fingerprint density at radius 2 is 1.96 bits per heavy atom. The Balaban J connectivity index is 1.44. The average molecular weight is 372 g/mol. The highest BCUT2D eigenvalue weighted by Crippen LogP contribution is 2.24. The molecule has 7 heteroatoms. The third-order valence-corrected chi connectivity index (χ3v) is 3.96. The Labute approximate surface area is 156 Å². The Morgan fingerprint density at radius 1 is 1.19 bits per heavy atom. The first-order chi connectivity index (χ1) is 12.6. The molecule has 3 aromatic rings. The largest absolute Gasteiger partial charge is 0.484 e. The van der Waals surface area contributed by atoms with Gasteiger partial charge in [0.05, 0.1) is 5.02 Å². The lowest BCUT2D eigenvalue weighted by molar-refractivity contribution is -0.123. The van der Waals surface area contributed by atoms with E-state index in [9.17, 15) is 4.79 Å². The van der Waals surface area contributed by atoms with Gasteiger partial charge in [-0.15, -0.1) is 0 Å². The van der Waals surface area contributed by atoms with Crippen LogP contribution in [0.1, 0.15) is 11.5 Å². The maximum absolute atomic E-state index is 11.8. The van der Waals surface area contributed by atoms with E-state index in [1.807, 2.05) is 49.4 Å². The van der Waals surface area contributed by atoms with Gasteiger partial charge in [-0.25, -0.2) is 0 Å². The summed E-state index contributed by atoms with van der Waals surface area (Å²) in [5.41, 5.74) is 1.84. The molecule has 6 nitrogen and oxygen atoms in total. The van der Waals surface area contributed by atoms with Crippen molar-refractivity contribution in [1.29, 1.82) is 0 Å². The molecule has 0 aliphatic rings. The van der Waals surface area contributed by atoms with Crippen LogP contribution in [-0.4, -0.2) is 29.2 Å². The van der Waals surface area contributed by atoms with E-state index in [0.29, 0.717) is 41.0 Å². The summed E-state index contributed by atoms with van der Waals surface area (Å²) in [5, 5.41) is 7.23. The minimum absolute atomic E-state index is 0.0439. The molecule has 0 bridgehead atoms. The lowest BCUT2D eigenvalue weighted by Crippen LogP contribution is -2.30. The second-order valence-corrected chi connectivity index (χ2v) is 6.10. The highest BCUT2D eigenvalue weighted by Gasteiger charge is 2.11. The highest BCUT2D eigenvalue weighted by molar-refractivity contribution is 6.33. The molecule has 1 heterocycles. The van der Waals surface area contributed by atoms with Gasteiger partial charge in [0.15, 0.2) is 6.61 Å². The summed E-state index contributed by atoms with van der Waals surface area (Å²) in [4.78, 5) is 16.1. The van der Waals surface area contributed by atoms with Crippen LogP contribution in [-0.2, 0) is 11.2 Å². The fourth-order valence-electron chi connectivity index (χ4n) is 2.25. The molecule has 3 rings (SSSR count). The first kappa shape index (κ1) is 17.9. The Hall–Kier alpha value is -2.86. The number of aromatic nitrogens is 2. The second-order valence-electron chi connectivity index (χ2n) is 5.69. The van der Waals surface area contributed by atoms with E-state index < -0.39 is 0 Å².